The number of aromatic nitrogens is 2. The van der Waals surface area contributed by atoms with Crippen molar-refractivity contribution in [3.05, 3.63) is 65.3 Å². The van der Waals surface area contributed by atoms with Crippen LogP contribution in [-0.4, -0.2) is 53.0 Å². The van der Waals surface area contributed by atoms with E-state index in [1.807, 2.05) is 12.1 Å². The SMILES string of the molecule is CC(C)N1CCN(c2cccc(Nc3ncc(Cl)c(Nc4ccccc4C(N)=O)n3)c2)CC1. The van der Waals surface area contributed by atoms with Crippen LogP contribution in [0.5, 0.6) is 0 Å². The van der Waals surface area contributed by atoms with Gasteiger partial charge < -0.3 is 21.3 Å². The Kier molecular flexibility index (Phi) is 6.96. The van der Waals surface area contributed by atoms with Gasteiger partial charge in [0, 0.05) is 43.6 Å². The van der Waals surface area contributed by atoms with Gasteiger partial charge >= 0.3 is 0 Å². The summed E-state index contributed by atoms with van der Waals surface area (Å²) in [5, 5.41) is 6.67. The van der Waals surface area contributed by atoms with E-state index in [1.54, 1.807) is 24.3 Å². The molecule has 1 aliphatic heterocycles. The third-order valence-electron chi connectivity index (χ3n) is 5.70. The summed E-state index contributed by atoms with van der Waals surface area (Å²) < 4.78 is 0. The van der Waals surface area contributed by atoms with Crippen LogP contribution in [0.3, 0.4) is 0 Å². The number of anilines is 5. The molecule has 0 radical (unpaired) electrons. The Hall–Kier alpha value is -3.36. The van der Waals surface area contributed by atoms with Gasteiger partial charge in [-0.15, -0.1) is 0 Å². The molecular weight excluding hydrogens is 438 g/mol. The first-order chi connectivity index (χ1) is 15.9. The minimum absolute atomic E-state index is 0.330. The molecule has 0 unspecified atom stereocenters. The Labute approximate surface area is 198 Å². The lowest BCUT2D eigenvalue weighted by Gasteiger charge is -2.38. The van der Waals surface area contributed by atoms with Crippen LogP contribution in [0, 0.1) is 0 Å². The summed E-state index contributed by atoms with van der Waals surface area (Å²) in [5.41, 5.74) is 8.39. The van der Waals surface area contributed by atoms with Crippen molar-refractivity contribution in [1.82, 2.24) is 14.9 Å². The molecule has 2 aromatic carbocycles. The molecule has 4 rings (SSSR count). The molecule has 1 aromatic heterocycles. The number of amides is 1. The summed E-state index contributed by atoms with van der Waals surface area (Å²) in [5.74, 6) is 0.233. The summed E-state index contributed by atoms with van der Waals surface area (Å²) in [4.78, 5) is 25.4. The molecule has 1 fully saturated rings. The minimum Gasteiger partial charge on any atom is -0.369 e. The van der Waals surface area contributed by atoms with Gasteiger partial charge in [-0.05, 0) is 44.2 Å². The van der Waals surface area contributed by atoms with Crippen LogP contribution >= 0.6 is 11.6 Å². The Balaban J connectivity index is 1.49. The Bertz CT molecular complexity index is 1130. The number of nitrogens with two attached hydrogens (primary N) is 1. The third kappa shape index (κ3) is 5.53. The summed E-state index contributed by atoms with van der Waals surface area (Å²) in [6, 6.07) is 15.7. The summed E-state index contributed by atoms with van der Waals surface area (Å²) in [6.07, 6.45) is 1.51. The van der Waals surface area contributed by atoms with E-state index in [2.05, 4.69) is 56.4 Å². The van der Waals surface area contributed by atoms with E-state index in [9.17, 15) is 4.79 Å². The van der Waals surface area contributed by atoms with Crippen LogP contribution in [-0.2, 0) is 0 Å². The van der Waals surface area contributed by atoms with Crippen LogP contribution in [0.1, 0.15) is 24.2 Å². The zero-order valence-electron chi connectivity index (χ0n) is 18.8. The maximum atomic E-state index is 11.7. The fourth-order valence-electron chi connectivity index (χ4n) is 3.86. The van der Waals surface area contributed by atoms with E-state index in [1.165, 1.54) is 6.20 Å². The molecule has 0 bridgehead atoms. The third-order valence-corrected chi connectivity index (χ3v) is 5.98. The molecule has 2 heterocycles. The number of carbonyl (C=O) groups excluding carboxylic acids is 1. The van der Waals surface area contributed by atoms with Crippen molar-refractivity contribution in [1.29, 1.82) is 0 Å². The largest absolute Gasteiger partial charge is 0.369 e. The van der Waals surface area contributed by atoms with E-state index >= 15 is 0 Å². The topological polar surface area (TPSA) is 99.4 Å². The number of nitrogens with zero attached hydrogens (tertiary/aromatic N) is 4. The van der Waals surface area contributed by atoms with Gasteiger partial charge in [-0.3, -0.25) is 9.69 Å². The molecule has 1 aliphatic rings. The number of nitrogens with one attached hydrogen (secondary N) is 2. The number of rotatable bonds is 7. The van der Waals surface area contributed by atoms with E-state index < -0.39 is 5.91 Å². The lowest BCUT2D eigenvalue weighted by atomic mass is 10.1. The Morgan fingerprint density at radius 1 is 1.06 bits per heavy atom. The summed E-state index contributed by atoms with van der Waals surface area (Å²) in [6.45, 7) is 8.57. The van der Waals surface area contributed by atoms with Gasteiger partial charge in [0.15, 0.2) is 5.82 Å². The zero-order chi connectivity index (χ0) is 23.4. The quantitative estimate of drug-likeness (QED) is 0.479. The number of benzene rings is 2. The van der Waals surface area contributed by atoms with Crippen LogP contribution in [0.4, 0.5) is 28.8 Å². The number of halogens is 1. The molecular formula is C24H28ClN7O. The second kappa shape index (κ2) is 10.1. The predicted molar refractivity (Wildman–Crippen MR) is 134 cm³/mol. The summed E-state index contributed by atoms with van der Waals surface area (Å²) >= 11 is 6.30. The van der Waals surface area contributed by atoms with Gasteiger partial charge in [0.1, 0.15) is 5.02 Å². The standard InChI is InChI=1S/C24H28ClN7O/c1-16(2)31-10-12-32(13-11-31)18-7-5-6-17(14-18)28-24-27-15-20(25)23(30-24)29-21-9-4-3-8-19(21)22(26)33/h3-9,14-16H,10-13H2,1-2H3,(H2,26,33)(H2,27,28,29,30). The lowest BCUT2D eigenvalue weighted by molar-refractivity contribution is 0.100. The van der Waals surface area contributed by atoms with Crippen LogP contribution in [0.15, 0.2) is 54.7 Å². The number of primary amides is 1. The predicted octanol–water partition coefficient (Wildman–Crippen LogP) is 4.25. The van der Waals surface area contributed by atoms with Crippen molar-refractivity contribution in [3.8, 4) is 0 Å². The highest BCUT2D eigenvalue weighted by Gasteiger charge is 2.19. The minimum atomic E-state index is -0.535. The van der Waals surface area contributed by atoms with E-state index in [4.69, 9.17) is 17.3 Å². The van der Waals surface area contributed by atoms with Crippen molar-refractivity contribution in [2.45, 2.75) is 19.9 Å². The number of carbonyl (C=O) groups is 1. The Morgan fingerprint density at radius 2 is 1.82 bits per heavy atom. The molecule has 3 aromatic rings. The normalized spacial score (nSPS) is 14.4. The molecule has 8 nitrogen and oxygen atoms in total. The zero-order valence-corrected chi connectivity index (χ0v) is 19.5. The van der Waals surface area contributed by atoms with Crippen molar-refractivity contribution in [2.24, 2.45) is 5.73 Å². The smallest absolute Gasteiger partial charge is 0.250 e. The number of piperazine rings is 1. The molecule has 0 atom stereocenters. The first-order valence-corrected chi connectivity index (χ1v) is 11.3. The van der Waals surface area contributed by atoms with Crippen molar-refractivity contribution in [2.75, 3.05) is 41.7 Å². The first kappa shape index (κ1) is 22.8. The maximum Gasteiger partial charge on any atom is 0.250 e. The number of hydrogen-bond donors (Lipinski definition) is 3. The summed E-state index contributed by atoms with van der Waals surface area (Å²) in [7, 11) is 0. The fourth-order valence-corrected chi connectivity index (χ4v) is 3.99. The van der Waals surface area contributed by atoms with Gasteiger partial charge in [0.2, 0.25) is 5.95 Å². The van der Waals surface area contributed by atoms with E-state index in [0.717, 1.165) is 37.6 Å². The van der Waals surface area contributed by atoms with E-state index in [0.29, 0.717) is 34.1 Å². The average Bonchev–Trinajstić information content (AvgIpc) is 2.82. The molecule has 1 saturated heterocycles. The number of para-hydroxylation sites is 1. The van der Waals surface area contributed by atoms with Crippen molar-refractivity contribution in [3.63, 3.8) is 0 Å². The highest BCUT2D eigenvalue weighted by molar-refractivity contribution is 6.33. The van der Waals surface area contributed by atoms with Gasteiger partial charge in [-0.2, -0.15) is 4.98 Å². The fraction of sp³-hybridized carbons (Fsp3) is 0.292. The van der Waals surface area contributed by atoms with Crippen molar-refractivity contribution >= 4 is 46.3 Å². The molecule has 33 heavy (non-hydrogen) atoms. The Morgan fingerprint density at radius 3 is 2.55 bits per heavy atom. The highest BCUT2D eigenvalue weighted by atomic mass is 35.5. The molecule has 4 N–H and O–H groups in total. The second-order valence-electron chi connectivity index (χ2n) is 8.22. The van der Waals surface area contributed by atoms with Crippen LogP contribution < -0.4 is 21.3 Å². The van der Waals surface area contributed by atoms with Crippen LogP contribution in [0.2, 0.25) is 5.02 Å². The number of hydrogen-bond acceptors (Lipinski definition) is 7. The monoisotopic (exact) mass is 465 g/mol. The van der Waals surface area contributed by atoms with Crippen LogP contribution in [0.25, 0.3) is 0 Å². The van der Waals surface area contributed by atoms with Crippen molar-refractivity contribution < 1.29 is 4.79 Å². The highest BCUT2D eigenvalue weighted by Crippen LogP contribution is 2.28. The molecule has 0 aliphatic carbocycles. The molecule has 0 saturated carbocycles. The van der Waals surface area contributed by atoms with Gasteiger partial charge in [0.25, 0.3) is 5.91 Å². The molecule has 9 heteroatoms. The molecule has 172 valence electrons. The van der Waals surface area contributed by atoms with Gasteiger partial charge in [-0.1, -0.05) is 29.8 Å². The molecule has 1 amide bonds. The maximum absolute atomic E-state index is 11.7. The van der Waals surface area contributed by atoms with Gasteiger partial charge in [-0.25, -0.2) is 4.98 Å². The first-order valence-electron chi connectivity index (χ1n) is 10.9. The lowest BCUT2D eigenvalue weighted by Crippen LogP contribution is -2.48. The molecule has 0 spiro atoms. The average molecular weight is 466 g/mol. The second-order valence-corrected chi connectivity index (χ2v) is 8.62. The van der Waals surface area contributed by atoms with Gasteiger partial charge in [0.05, 0.1) is 17.4 Å². The van der Waals surface area contributed by atoms with E-state index in [-0.39, 0.29) is 0 Å².